The van der Waals surface area contributed by atoms with Crippen LogP contribution >= 0.6 is 0 Å². The van der Waals surface area contributed by atoms with Crippen molar-refractivity contribution in [1.29, 1.82) is 0 Å². The summed E-state index contributed by atoms with van der Waals surface area (Å²) in [5.74, 6) is -1.50. The first kappa shape index (κ1) is 19.3. The standard InChI is InChI=1S/C15H22F2N2O4/c1-23-4-2-3-18-9-14(20)13(19-15(21)22)7-10-5-11(16)8-12(17)6-10/h5-6,8,13-14,18-20H,2-4,7,9H2,1H3,(H,21,22)/t13-,14-/m0/s1. The molecule has 0 aliphatic rings. The number of aliphatic hydroxyl groups is 1. The molecule has 0 saturated heterocycles. The topological polar surface area (TPSA) is 90.8 Å². The van der Waals surface area contributed by atoms with E-state index in [4.69, 9.17) is 9.84 Å². The summed E-state index contributed by atoms with van der Waals surface area (Å²) in [6.45, 7) is 1.31. The predicted octanol–water partition coefficient (Wildman–Crippen LogP) is 1.13. The van der Waals surface area contributed by atoms with Gasteiger partial charge in [-0.1, -0.05) is 0 Å². The lowest BCUT2D eigenvalue weighted by Crippen LogP contribution is -2.48. The van der Waals surface area contributed by atoms with Gasteiger partial charge in [-0.15, -0.1) is 0 Å². The molecule has 130 valence electrons. The van der Waals surface area contributed by atoms with Crippen LogP contribution in [0.5, 0.6) is 0 Å². The third-order valence-electron chi connectivity index (χ3n) is 3.21. The number of methoxy groups -OCH3 is 1. The van der Waals surface area contributed by atoms with Crippen molar-refractivity contribution < 1.29 is 28.5 Å². The Bertz CT molecular complexity index is 482. The first-order valence-electron chi connectivity index (χ1n) is 7.24. The molecular weight excluding hydrogens is 310 g/mol. The van der Waals surface area contributed by atoms with E-state index in [9.17, 15) is 18.7 Å². The summed E-state index contributed by atoms with van der Waals surface area (Å²) in [7, 11) is 1.58. The highest BCUT2D eigenvalue weighted by atomic mass is 19.1. The molecular formula is C15H22F2N2O4. The third-order valence-corrected chi connectivity index (χ3v) is 3.21. The Morgan fingerprint density at radius 1 is 1.30 bits per heavy atom. The van der Waals surface area contributed by atoms with Crippen LogP contribution in [0.3, 0.4) is 0 Å². The average molecular weight is 332 g/mol. The van der Waals surface area contributed by atoms with E-state index in [0.29, 0.717) is 13.2 Å². The molecule has 4 N–H and O–H groups in total. The molecule has 0 fully saturated rings. The fraction of sp³-hybridized carbons (Fsp3) is 0.533. The summed E-state index contributed by atoms with van der Waals surface area (Å²) in [5.41, 5.74) is 0.264. The monoisotopic (exact) mass is 332 g/mol. The van der Waals surface area contributed by atoms with Crippen LogP contribution in [0.4, 0.5) is 13.6 Å². The number of ether oxygens (including phenoxy) is 1. The Morgan fingerprint density at radius 2 is 1.96 bits per heavy atom. The van der Waals surface area contributed by atoms with Crippen LogP contribution in [0.25, 0.3) is 0 Å². The van der Waals surface area contributed by atoms with Crippen molar-refractivity contribution in [3.63, 3.8) is 0 Å². The summed E-state index contributed by atoms with van der Waals surface area (Å²) in [4.78, 5) is 10.8. The van der Waals surface area contributed by atoms with Crippen LogP contribution in [-0.4, -0.2) is 55.3 Å². The van der Waals surface area contributed by atoms with Gasteiger partial charge in [0, 0.05) is 26.3 Å². The van der Waals surface area contributed by atoms with E-state index in [0.717, 1.165) is 24.6 Å². The minimum atomic E-state index is -1.31. The number of amides is 1. The first-order valence-corrected chi connectivity index (χ1v) is 7.24. The second-order valence-corrected chi connectivity index (χ2v) is 5.16. The number of halogens is 2. The lowest BCUT2D eigenvalue weighted by Gasteiger charge is -2.23. The largest absolute Gasteiger partial charge is 0.465 e. The maximum absolute atomic E-state index is 13.2. The third kappa shape index (κ3) is 7.87. The minimum Gasteiger partial charge on any atom is -0.465 e. The van der Waals surface area contributed by atoms with Gasteiger partial charge in [-0.05, 0) is 37.1 Å². The molecule has 0 radical (unpaired) electrons. The molecule has 1 amide bonds. The fourth-order valence-corrected chi connectivity index (χ4v) is 2.16. The van der Waals surface area contributed by atoms with E-state index in [1.165, 1.54) is 0 Å². The zero-order chi connectivity index (χ0) is 17.2. The number of hydrogen-bond donors (Lipinski definition) is 4. The number of nitrogens with one attached hydrogen (secondary N) is 2. The van der Waals surface area contributed by atoms with E-state index in [2.05, 4.69) is 10.6 Å². The van der Waals surface area contributed by atoms with Gasteiger partial charge in [0.25, 0.3) is 0 Å². The van der Waals surface area contributed by atoms with Gasteiger partial charge in [0.2, 0.25) is 0 Å². The Balaban J connectivity index is 2.61. The zero-order valence-electron chi connectivity index (χ0n) is 12.9. The number of aliphatic hydroxyl groups excluding tert-OH is 1. The molecule has 1 aromatic rings. The van der Waals surface area contributed by atoms with Crippen LogP contribution in [0.1, 0.15) is 12.0 Å². The van der Waals surface area contributed by atoms with Crippen LogP contribution < -0.4 is 10.6 Å². The molecule has 0 heterocycles. The average Bonchev–Trinajstić information content (AvgIpc) is 2.44. The maximum atomic E-state index is 13.2. The van der Waals surface area contributed by atoms with Gasteiger partial charge in [0.1, 0.15) is 11.6 Å². The maximum Gasteiger partial charge on any atom is 0.404 e. The van der Waals surface area contributed by atoms with Crippen molar-refractivity contribution in [1.82, 2.24) is 10.6 Å². The van der Waals surface area contributed by atoms with Crippen LogP contribution in [0.15, 0.2) is 18.2 Å². The highest BCUT2D eigenvalue weighted by Gasteiger charge is 2.22. The number of hydrogen-bond acceptors (Lipinski definition) is 4. The smallest absolute Gasteiger partial charge is 0.404 e. The van der Waals surface area contributed by atoms with Gasteiger partial charge in [-0.3, -0.25) is 0 Å². The molecule has 0 saturated carbocycles. The summed E-state index contributed by atoms with van der Waals surface area (Å²) in [5, 5.41) is 24.1. The number of benzene rings is 1. The van der Waals surface area contributed by atoms with Crippen LogP contribution in [0.2, 0.25) is 0 Å². The number of carboxylic acid groups (broad SMARTS) is 1. The van der Waals surface area contributed by atoms with Gasteiger partial charge in [0.05, 0.1) is 12.1 Å². The molecule has 0 spiro atoms. The van der Waals surface area contributed by atoms with Crippen molar-refractivity contribution in [2.75, 3.05) is 26.8 Å². The zero-order valence-corrected chi connectivity index (χ0v) is 12.9. The number of carbonyl (C=O) groups is 1. The van der Waals surface area contributed by atoms with Crippen molar-refractivity contribution >= 4 is 6.09 Å². The lowest BCUT2D eigenvalue weighted by atomic mass is 10.0. The molecule has 1 rings (SSSR count). The van der Waals surface area contributed by atoms with Gasteiger partial charge in [-0.25, -0.2) is 13.6 Å². The lowest BCUT2D eigenvalue weighted by molar-refractivity contribution is 0.116. The molecule has 0 bridgehead atoms. The van der Waals surface area contributed by atoms with Crippen molar-refractivity contribution in [3.05, 3.63) is 35.4 Å². The molecule has 2 atom stereocenters. The molecule has 0 aromatic heterocycles. The Morgan fingerprint density at radius 3 is 2.52 bits per heavy atom. The number of rotatable bonds is 10. The van der Waals surface area contributed by atoms with E-state index in [1.807, 2.05) is 0 Å². The molecule has 1 aromatic carbocycles. The molecule has 0 unspecified atom stereocenters. The molecule has 0 aliphatic carbocycles. The minimum absolute atomic E-state index is 0.0259. The SMILES string of the molecule is COCCCNC[C@H](O)[C@H](Cc1cc(F)cc(F)c1)NC(=O)O. The molecule has 8 heteroatoms. The van der Waals surface area contributed by atoms with Gasteiger partial charge in [0.15, 0.2) is 0 Å². The van der Waals surface area contributed by atoms with Gasteiger partial charge in [-0.2, -0.15) is 0 Å². The second kappa shape index (κ2) is 10.1. The summed E-state index contributed by atoms with van der Waals surface area (Å²) in [6.07, 6.45) is -1.64. The normalized spacial score (nSPS) is 13.6. The van der Waals surface area contributed by atoms with Crippen LogP contribution in [0, 0.1) is 11.6 Å². The van der Waals surface area contributed by atoms with E-state index < -0.39 is 29.9 Å². The first-order chi connectivity index (χ1) is 10.9. The van der Waals surface area contributed by atoms with Crippen LogP contribution in [-0.2, 0) is 11.2 Å². The fourth-order valence-electron chi connectivity index (χ4n) is 2.16. The molecule has 6 nitrogen and oxygen atoms in total. The molecule has 0 aliphatic heterocycles. The van der Waals surface area contributed by atoms with E-state index in [1.54, 1.807) is 7.11 Å². The Hall–Kier alpha value is -1.77. The summed E-state index contributed by atoms with van der Waals surface area (Å²) in [6, 6.07) is 2.07. The highest BCUT2D eigenvalue weighted by molar-refractivity contribution is 5.65. The Kier molecular flexibility index (Phi) is 8.46. The summed E-state index contributed by atoms with van der Waals surface area (Å²) < 4.78 is 31.3. The van der Waals surface area contributed by atoms with Gasteiger partial charge >= 0.3 is 6.09 Å². The Labute approximate surface area is 133 Å². The molecule has 23 heavy (non-hydrogen) atoms. The van der Waals surface area contributed by atoms with Gasteiger partial charge < -0.3 is 25.6 Å². The van der Waals surface area contributed by atoms with Crippen molar-refractivity contribution in [2.45, 2.75) is 25.0 Å². The highest BCUT2D eigenvalue weighted by Crippen LogP contribution is 2.11. The summed E-state index contributed by atoms with van der Waals surface area (Å²) >= 11 is 0. The van der Waals surface area contributed by atoms with E-state index >= 15 is 0 Å². The van der Waals surface area contributed by atoms with Crippen molar-refractivity contribution in [2.24, 2.45) is 0 Å². The predicted molar refractivity (Wildman–Crippen MR) is 80.4 cm³/mol. The van der Waals surface area contributed by atoms with E-state index in [-0.39, 0.29) is 18.5 Å². The second-order valence-electron chi connectivity index (χ2n) is 5.16. The quantitative estimate of drug-likeness (QED) is 0.482. The van der Waals surface area contributed by atoms with Crippen molar-refractivity contribution in [3.8, 4) is 0 Å².